The first kappa shape index (κ1) is 15.2. The van der Waals surface area contributed by atoms with Crippen molar-refractivity contribution in [1.29, 1.82) is 0 Å². The summed E-state index contributed by atoms with van der Waals surface area (Å²) in [7, 11) is 0. The molecule has 94 valence electrons. The van der Waals surface area contributed by atoms with Crippen LogP contribution in [0.5, 0.6) is 0 Å². The Bertz CT molecular complexity index is 258. The first-order valence-corrected chi connectivity index (χ1v) is 5.39. The summed E-state index contributed by atoms with van der Waals surface area (Å²) < 4.78 is 0. The monoisotopic (exact) mass is 249 g/mol. The van der Waals surface area contributed by atoms with E-state index in [0.29, 0.717) is 25.9 Å². The van der Waals surface area contributed by atoms with Crippen LogP contribution in [0.4, 0.5) is 0 Å². The van der Waals surface area contributed by atoms with Crippen molar-refractivity contribution in [1.82, 2.24) is 10.2 Å². The first-order valence-electron chi connectivity index (χ1n) is 5.39. The SMILES string of the molecule is CCC1C(=O)NCCN1C(=O)CC(C)N.Cl. The van der Waals surface area contributed by atoms with Crippen LogP contribution in [-0.4, -0.2) is 41.9 Å². The molecule has 0 aromatic heterocycles. The van der Waals surface area contributed by atoms with Crippen molar-refractivity contribution >= 4 is 24.2 Å². The van der Waals surface area contributed by atoms with Crippen LogP contribution >= 0.6 is 12.4 Å². The normalized spacial score (nSPS) is 22.1. The summed E-state index contributed by atoms with van der Waals surface area (Å²) in [4.78, 5) is 24.9. The third-order valence-corrected chi connectivity index (χ3v) is 2.53. The molecule has 0 radical (unpaired) electrons. The lowest BCUT2D eigenvalue weighted by molar-refractivity contribution is -0.143. The smallest absolute Gasteiger partial charge is 0.242 e. The largest absolute Gasteiger partial charge is 0.353 e. The Morgan fingerprint density at radius 3 is 2.81 bits per heavy atom. The third kappa shape index (κ3) is 3.64. The quantitative estimate of drug-likeness (QED) is 0.733. The van der Waals surface area contributed by atoms with Gasteiger partial charge in [-0.05, 0) is 13.3 Å². The molecule has 0 aromatic rings. The number of piperazine rings is 1. The highest BCUT2D eigenvalue weighted by molar-refractivity contribution is 5.88. The molecule has 1 aliphatic heterocycles. The van der Waals surface area contributed by atoms with Gasteiger partial charge in [0.05, 0.1) is 0 Å². The average molecular weight is 250 g/mol. The Morgan fingerprint density at radius 2 is 2.31 bits per heavy atom. The van der Waals surface area contributed by atoms with Gasteiger partial charge in [0.25, 0.3) is 0 Å². The minimum Gasteiger partial charge on any atom is -0.353 e. The summed E-state index contributed by atoms with van der Waals surface area (Å²) in [5, 5.41) is 2.76. The maximum Gasteiger partial charge on any atom is 0.242 e. The van der Waals surface area contributed by atoms with Crippen molar-refractivity contribution in [2.75, 3.05) is 13.1 Å². The predicted molar refractivity (Wildman–Crippen MR) is 64.3 cm³/mol. The molecule has 5 nitrogen and oxygen atoms in total. The molecular formula is C10H20ClN3O2. The van der Waals surface area contributed by atoms with Crippen molar-refractivity contribution < 1.29 is 9.59 Å². The van der Waals surface area contributed by atoms with Crippen LogP contribution in [0.2, 0.25) is 0 Å². The van der Waals surface area contributed by atoms with Crippen LogP contribution < -0.4 is 11.1 Å². The molecule has 1 heterocycles. The maximum atomic E-state index is 11.8. The van der Waals surface area contributed by atoms with Gasteiger partial charge in [-0.3, -0.25) is 9.59 Å². The van der Waals surface area contributed by atoms with Crippen molar-refractivity contribution in [3.63, 3.8) is 0 Å². The van der Waals surface area contributed by atoms with E-state index >= 15 is 0 Å². The predicted octanol–water partition coefficient (Wildman–Crippen LogP) is -0.117. The van der Waals surface area contributed by atoms with Crippen LogP contribution in [-0.2, 0) is 9.59 Å². The number of rotatable bonds is 3. The van der Waals surface area contributed by atoms with Crippen LogP contribution in [0, 0.1) is 0 Å². The highest BCUT2D eigenvalue weighted by atomic mass is 35.5. The molecule has 3 N–H and O–H groups in total. The Labute approximate surface area is 102 Å². The van der Waals surface area contributed by atoms with Crippen LogP contribution in [0.25, 0.3) is 0 Å². The van der Waals surface area contributed by atoms with E-state index in [0.717, 1.165) is 0 Å². The van der Waals surface area contributed by atoms with Gasteiger partial charge in [0.2, 0.25) is 11.8 Å². The first-order chi connectivity index (χ1) is 7.06. The van der Waals surface area contributed by atoms with Gasteiger partial charge in [0, 0.05) is 25.6 Å². The molecule has 0 saturated carbocycles. The molecule has 0 aromatic carbocycles. The number of amides is 2. The number of hydrogen-bond acceptors (Lipinski definition) is 3. The van der Waals surface area contributed by atoms with E-state index in [2.05, 4.69) is 5.32 Å². The fourth-order valence-corrected chi connectivity index (χ4v) is 1.81. The number of hydrogen-bond donors (Lipinski definition) is 2. The second kappa shape index (κ2) is 6.70. The molecule has 0 bridgehead atoms. The minimum absolute atomic E-state index is 0. The molecular weight excluding hydrogens is 230 g/mol. The van der Waals surface area contributed by atoms with Crippen LogP contribution in [0.15, 0.2) is 0 Å². The Kier molecular flexibility index (Phi) is 6.36. The molecule has 2 atom stereocenters. The molecule has 2 amide bonds. The van der Waals surface area contributed by atoms with Crippen molar-refractivity contribution in [2.45, 2.75) is 38.8 Å². The van der Waals surface area contributed by atoms with Crippen molar-refractivity contribution in [3.05, 3.63) is 0 Å². The molecule has 1 fully saturated rings. The van der Waals surface area contributed by atoms with Gasteiger partial charge in [0.15, 0.2) is 0 Å². The summed E-state index contributed by atoms with van der Waals surface area (Å²) in [5.74, 6) is -0.0755. The number of carbonyl (C=O) groups excluding carboxylic acids is 2. The summed E-state index contributed by atoms with van der Waals surface area (Å²) in [6.07, 6.45) is 0.959. The second-order valence-corrected chi connectivity index (χ2v) is 3.98. The molecule has 1 saturated heterocycles. The van der Waals surface area contributed by atoms with Gasteiger partial charge >= 0.3 is 0 Å². The zero-order chi connectivity index (χ0) is 11.4. The zero-order valence-corrected chi connectivity index (χ0v) is 10.5. The number of nitrogens with zero attached hydrogens (tertiary/aromatic N) is 1. The fourth-order valence-electron chi connectivity index (χ4n) is 1.81. The van der Waals surface area contributed by atoms with Gasteiger partial charge in [-0.15, -0.1) is 12.4 Å². The standard InChI is InChI=1S/C10H19N3O2.ClH/c1-3-8-10(15)12-4-5-13(8)9(14)6-7(2)11;/h7-8H,3-6,11H2,1-2H3,(H,12,15);1H. The molecule has 1 aliphatic rings. The summed E-state index contributed by atoms with van der Waals surface area (Å²) in [6.45, 7) is 4.83. The van der Waals surface area contributed by atoms with E-state index < -0.39 is 0 Å². The van der Waals surface area contributed by atoms with E-state index in [1.165, 1.54) is 0 Å². The molecule has 0 aliphatic carbocycles. The fraction of sp³-hybridized carbons (Fsp3) is 0.800. The Morgan fingerprint density at radius 1 is 1.69 bits per heavy atom. The average Bonchev–Trinajstić information content (AvgIpc) is 2.16. The minimum atomic E-state index is -0.315. The molecule has 6 heteroatoms. The third-order valence-electron chi connectivity index (χ3n) is 2.53. The molecule has 2 unspecified atom stereocenters. The van der Waals surface area contributed by atoms with Crippen molar-refractivity contribution in [3.8, 4) is 0 Å². The van der Waals surface area contributed by atoms with E-state index in [1.807, 2.05) is 6.92 Å². The van der Waals surface area contributed by atoms with E-state index in [9.17, 15) is 9.59 Å². The van der Waals surface area contributed by atoms with Gasteiger partial charge in [-0.2, -0.15) is 0 Å². The van der Waals surface area contributed by atoms with Crippen LogP contribution in [0.1, 0.15) is 26.7 Å². The van der Waals surface area contributed by atoms with E-state index in [-0.39, 0.29) is 36.3 Å². The van der Waals surface area contributed by atoms with Gasteiger partial charge < -0.3 is 16.0 Å². The highest BCUT2D eigenvalue weighted by Gasteiger charge is 2.31. The van der Waals surface area contributed by atoms with Gasteiger partial charge in [-0.1, -0.05) is 6.92 Å². The number of nitrogens with two attached hydrogens (primary N) is 1. The number of halogens is 1. The number of carbonyl (C=O) groups is 2. The van der Waals surface area contributed by atoms with E-state index in [1.54, 1.807) is 11.8 Å². The van der Waals surface area contributed by atoms with E-state index in [4.69, 9.17) is 5.73 Å². The second-order valence-electron chi connectivity index (χ2n) is 3.98. The lowest BCUT2D eigenvalue weighted by Gasteiger charge is -2.34. The molecule has 0 spiro atoms. The lowest BCUT2D eigenvalue weighted by Crippen LogP contribution is -2.57. The Balaban J connectivity index is 0.00000225. The zero-order valence-electron chi connectivity index (χ0n) is 9.73. The summed E-state index contributed by atoms with van der Waals surface area (Å²) in [6, 6.07) is -0.468. The summed E-state index contributed by atoms with van der Waals surface area (Å²) >= 11 is 0. The Hall–Kier alpha value is -0.810. The molecule has 1 rings (SSSR count). The number of nitrogens with one attached hydrogen (secondary N) is 1. The topological polar surface area (TPSA) is 75.4 Å². The maximum absolute atomic E-state index is 11.8. The lowest BCUT2D eigenvalue weighted by atomic mass is 10.1. The van der Waals surface area contributed by atoms with Crippen molar-refractivity contribution in [2.24, 2.45) is 5.73 Å². The van der Waals surface area contributed by atoms with Gasteiger partial charge in [0.1, 0.15) is 6.04 Å². The summed E-state index contributed by atoms with van der Waals surface area (Å²) in [5.41, 5.74) is 5.57. The molecule has 16 heavy (non-hydrogen) atoms. The van der Waals surface area contributed by atoms with Gasteiger partial charge in [-0.25, -0.2) is 0 Å². The van der Waals surface area contributed by atoms with Crippen LogP contribution in [0.3, 0.4) is 0 Å². The highest BCUT2D eigenvalue weighted by Crippen LogP contribution is 2.10.